The van der Waals surface area contributed by atoms with Crippen LogP contribution in [0, 0.1) is 18.7 Å². The Bertz CT molecular complexity index is 858. The number of carbonyl (C=O) groups is 1. The van der Waals surface area contributed by atoms with Gasteiger partial charge < -0.3 is 10.4 Å². The number of hydrogen-bond donors (Lipinski definition) is 2. The molecule has 0 aliphatic carbocycles. The van der Waals surface area contributed by atoms with Crippen LogP contribution in [0.5, 0.6) is 0 Å². The number of aryl methyl sites for hydroxylation is 1. The molecule has 3 rings (SSSR count). The summed E-state index contributed by atoms with van der Waals surface area (Å²) in [4.78, 5) is 13.2. The first-order valence-electron chi connectivity index (χ1n) is 9.63. The summed E-state index contributed by atoms with van der Waals surface area (Å²) in [5, 5.41) is 13.2. The summed E-state index contributed by atoms with van der Waals surface area (Å²) in [6.45, 7) is 5.92. The molecule has 1 aliphatic rings. The van der Waals surface area contributed by atoms with E-state index in [0.29, 0.717) is 25.2 Å². The Hall–Kier alpha value is -2.11. The molecular weight excluding hydrogens is 379 g/mol. The first-order chi connectivity index (χ1) is 13.4. The molecule has 1 unspecified atom stereocenters. The van der Waals surface area contributed by atoms with Gasteiger partial charge in [0.15, 0.2) is 0 Å². The van der Waals surface area contributed by atoms with E-state index in [1.54, 1.807) is 6.07 Å². The molecule has 0 saturated carbocycles. The first kappa shape index (κ1) is 20.6. The predicted octanol–water partition coefficient (Wildman–Crippen LogP) is 5.26. The van der Waals surface area contributed by atoms with Crippen LogP contribution in [-0.4, -0.2) is 29.1 Å². The molecule has 0 aromatic heterocycles. The van der Waals surface area contributed by atoms with Crippen molar-refractivity contribution in [3.8, 4) is 0 Å². The number of carboxylic acids is 1. The Morgan fingerprint density at radius 3 is 2.79 bits per heavy atom. The Kier molecular flexibility index (Phi) is 6.57. The van der Waals surface area contributed by atoms with Gasteiger partial charge in [-0.1, -0.05) is 36.7 Å². The maximum absolute atomic E-state index is 14.4. The van der Waals surface area contributed by atoms with Crippen molar-refractivity contribution in [2.24, 2.45) is 5.92 Å². The number of benzene rings is 2. The summed E-state index contributed by atoms with van der Waals surface area (Å²) in [6, 6.07) is 10.9. The highest BCUT2D eigenvalue weighted by molar-refractivity contribution is 6.31. The topological polar surface area (TPSA) is 52.6 Å². The number of halogens is 2. The van der Waals surface area contributed by atoms with Crippen LogP contribution in [0.25, 0.3) is 0 Å². The minimum absolute atomic E-state index is 0.0242. The van der Waals surface area contributed by atoms with E-state index < -0.39 is 5.97 Å². The van der Waals surface area contributed by atoms with Gasteiger partial charge in [0.25, 0.3) is 0 Å². The van der Waals surface area contributed by atoms with Crippen molar-refractivity contribution >= 4 is 23.3 Å². The standard InChI is InChI=1S/C22H26ClFN2O2/c1-3-20(16-5-6-18(23)14(2)10-16)25-21-11-15(4-7-19(21)24)12-26-9-8-17(13-26)22(27)28/h4-7,10-11,17,20,25H,3,8-9,12-13H2,1-2H3,(H,27,28)/t17?,20-/m1/s1. The van der Waals surface area contributed by atoms with Crippen molar-refractivity contribution < 1.29 is 14.3 Å². The van der Waals surface area contributed by atoms with Gasteiger partial charge in [0.05, 0.1) is 17.6 Å². The molecule has 1 saturated heterocycles. The molecule has 0 amide bonds. The highest BCUT2D eigenvalue weighted by Crippen LogP contribution is 2.28. The molecule has 2 N–H and O–H groups in total. The van der Waals surface area contributed by atoms with Crippen LogP contribution < -0.4 is 5.32 Å². The number of nitrogens with one attached hydrogen (secondary N) is 1. The molecule has 4 nitrogen and oxygen atoms in total. The second kappa shape index (κ2) is 8.93. The molecule has 0 spiro atoms. The average molecular weight is 405 g/mol. The van der Waals surface area contributed by atoms with E-state index >= 15 is 0 Å². The minimum Gasteiger partial charge on any atom is -0.481 e. The van der Waals surface area contributed by atoms with E-state index in [4.69, 9.17) is 16.7 Å². The van der Waals surface area contributed by atoms with Crippen LogP contribution in [0.2, 0.25) is 5.02 Å². The van der Waals surface area contributed by atoms with Gasteiger partial charge in [-0.2, -0.15) is 0 Å². The average Bonchev–Trinajstić information content (AvgIpc) is 3.13. The Morgan fingerprint density at radius 2 is 2.14 bits per heavy atom. The number of hydrogen-bond acceptors (Lipinski definition) is 3. The monoisotopic (exact) mass is 404 g/mol. The highest BCUT2D eigenvalue weighted by Gasteiger charge is 2.27. The lowest BCUT2D eigenvalue weighted by molar-refractivity contribution is -0.141. The molecule has 1 fully saturated rings. The molecule has 1 aliphatic heterocycles. The zero-order chi connectivity index (χ0) is 20.3. The molecule has 2 aromatic rings. The van der Waals surface area contributed by atoms with Gasteiger partial charge in [0.2, 0.25) is 0 Å². The van der Waals surface area contributed by atoms with Crippen LogP contribution in [-0.2, 0) is 11.3 Å². The number of nitrogens with zero attached hydrogens (tertiary/aromatic N) is 1. The van der Waals surface area contributed by atoms with Gasteiger partial charge in [-0.15, -0.1) is 0 Å². The van der Waals surface area contributed by atoms with Crippen molar-refractivity contribution in [2.45, 2.75) is 39.3 Å². The quantitative estimate of drug-likeness (QED) is 0.661. The molecule has 6 heteroatoms. The van der Waals surface area contributed by atoms with Crippen molar-refractivity contribution in [2.75, 3.05) is 18.4 Å². The fourth-order valence-corrected chi connectivity index (χ4v) is 3.83. The van der Waals surface area contributed by atoms with Crippen molar-refractivity contribution in [3.63, 3.8) is 0 Å². The van der Waals surface area contributed by atoms with Crippen molar-refractivity contribution in [1.82, 2.24) is 4.90 Å². The van der Waals surface area contributed by atoms with Crippen LogP contribution in [0.4, 0.5) is 10.1 Å². The van der Waals surface area contributed by atoms with E-state index in [1.807, 2.05) is 31.2 Å². The number of aliphatic carboxylic acids is 1. The molecular formula is C22H26ClFN2O2. The van der Waals surface area contributed by atoms with Gasteiger partial charge in [0, 0.05) is 18.1 Å². The molecule has 0 radical (unpaired) electrons. The van der Waals surface area contributed by atoms with Crippen LogP contribution in [0.1, 0.15) is 42.5 Å². The predicted molar refractivity (Wildman–Crippen MR) is 110 cm³/mol. The second-order valence-electron chi connectivity index (χ2n) is 7.49. The third kappa shape index (κ3) is 4.83. The minimum atomic E-state index is -0.743. The van der Waals surface area contributed by atoms with Crippen LogP contribution in [0.3, 0.4) is 0 Å². The number of rotatable bonds is 7. The lowest BCUT2D eigenvalue weighted by Gasteiger charge is -2.21. The zero-order valence-electron chi connectivity index (χ0n) is 16.2. The van der Waals surface area contributed by atoms with Crippen molar-refractivity contribution in [1.29, 1.82) is 0 Å². The fraction of sp³-hybridized carbons (Fsp3) is 0.409. The Morgan fingerprint density at radius 1 is 1.36 bits per heavy atom. The molecule has 2 aromatic carbocycles. The molecule has 0 bridgehead atoms. The normalized spacial score (nSPS) is 18.2. The van der Waals surface area contributed by atoms with Gasteiger partial charge in [-0.25, -0.2) is 4.39 Å². The zero-order valence-corrected chi connectivity index (χ0v) is 17.0. The smallest absolute Gasteiger partial charge is 0.307 e. The summed E-state index contributed by atoms with van der Waals surface area (Å²) in [5.74, 6) is -1.35. The Balaban J connectivity index is 1.73. The van der Waals surface area contributed by atoms with Gasteiger partial charge in [-0.05, 0) is 61.2 Å². The third-order valence-corrected chi connectivity index (χ3v) is 5.80. The van der Waals surface area contributed by atoms with Gasteiger partial charge in [0.1, 0.15) is 5.82 Å². The second-order valence-corrected chi connectivity index (χ2v) is 7.89. The molecule has 150 valence electrons. The number of anilines is 1. The largest absolute Gasteiger partial charge is 0.481 e. The summed E-state index contributed by atoms with van der Waals surface area (Å²) >= 11 is 6.12. The molecule has 1 heterocycles. The molecule has 28 heavy (non-hydrogen) atoms. The van der Waals surface area contributed by atoms with E-state index in [9.17, 15) is 9.18 Å². The SMILES string of the molecule is CC[C@@H](Nc1cc(CN2CCC(C(=O)O)C2)ccc1F)c1ccc(Cl)c(C)c1. The van der Waals surface area contributed by atoms with Crippen LogP contribution in [0.15, 0.2) is 36.4 Å². The van der Waals surface area contributed by atoms with Gasteiger partial charge in [-0.3, -0.25) is 9.69 Å². The van der Waals surface area contributed by atoms with Crippen molar-refractivity contribution in [3.05, 3.63) is 63.9 Å². The first-order valence-corrected chi connectivity index (χ1v) is 10.0. The Labute approximate surface area is 170 Å². The number of likely N-dealkylation sites (tertiary alicyclic amines) is 1. The maximum Gasteiger partial charge on any atom is 0.307 e. The lowest BCUT2D eigenvalue weighted by atomic mass is 10.0. The van der Waals surface area contributed by atoms with Gasteiger partial charge >= 0.3 is 5.97 Å². The maximum atomic E-state index is 14.4. The van der Waals surface area contributed by atoms with Crippen LogP contribution >= 0.6 is 11.6 Å². The lowest BCUT2D eigenvalue weighted by Crippen LogP contribution is -2.23. The summed E-state index contributed by atoms with van der Waals surface area (Å²) in [7, 11) is 0. The van der Waals surface area contributed by atoms with E-state index in [2.05, 4.69) is 17.1 Å². The van der Waals surface area contributed by atoms with E-state index in [0.717, 1.165) is 34.7 Å². The summed E-state index contributed by atoms with van der Waals surface area (Å²) < 4.78 is 14.4. The summed E-state index contributed by atoms with van der Waals surface area (Å²) in [6.07, 6.45) is 1.46. The van der Waals surface area contributed by atoms with E-state index in [1.165, 1.54) is 6.07 Å². The third-order valence-electron chi connectivity index (χ3n) is 5.38. The fourth-order valence-electron chi connectivity index (χ4n) is 3.71. The van der Waals surface area contributed by atoms with E-state index in [-0.39, 0.29) is 17.8 Å². The highest BCUT2D eigenvalue weighted by atomic mass is 35.5. The number of carboxylic acid groups (broad SMARTS) is 1. The summed E-state index contributed by atoms with van der Waals surface area (Å²) in [5.41, 5.74) is 3.50. The molecule has 2 atom stereocenters.